The van der Waals surface area contributed by atoms with Crippen molar-refractivity contribution in [2.75, 3.05) is 6.54 Å². The number of hydrogen-bond donors (Lipinski definition) is 1. The minimum absolute atomic E-state index is 0.389. The molecule has 5 nitrogen and oxygen atoms in total. The summed E-state index contributed by atoms with van der Waals surface area (Å²) in [5.74, 6) is 1.82. The Morgan fingerprint density at radius 1 is 1.53 bits per heavy atom. The first-order valence-electron chi connectivity index (χ1n) is 5.79. The molecule has 1 saturated heterocycles. The van der Waals surface area contributed by atoms with Crippen molar-refractivity contribution < 1.29 is 4.52 Å². The van der Waals surface area contributed by atoms with Crippen molar-refractivity contribution in [3.63, 3.8) is 0 Å². The number of nitrogens with zero attached hydrogens (tertiary/aromatic N) is 3. The topological polar surface area (TPSA) is 63.8 Å². The number of nitrogens with one attached hydrogen (secondary N) is 1. The van der Waals surface area contributed by atoms with Gasteiger partial charge in [-0.2, -0.15) is 4.98 Å². The second-order valence-corrected chi connectivity index (χ2v) is 5.28. The fourth-order valence-electron chi connectivity index (χ4n) is 2.18. The number of piperidine rings is 1. The molecule has 2 aromatic heterocycles. The van der Waals surface area contributed by atoms with Crippen LogP contribution in [0.15, 0.2) is 16.2 Å². The molecule has 17 heavy (non-hydrogen) atoms. The van der Waals surface area contributed by atoms with Crippen LogP contribution in [0.3, 0.4) is 0 Å². The van der Waals surface area contributed by atoms with Crippen LogP contribution >= 0.6 is 11.3 Å². The SMILES string of the molecule is CC1CC(c2nc(-c3cncs3)no2)CCN1. The van der Waals surface area contributed by atoms with Gasteiger partial charge in [0.05, 0.1) is 10.4 Å². The number of hydrogen-bond acceptors (Lipinski definition) is 6. The summed E-state index contributed by atoms with van der Waals surface area (Å²) in [5, 5.41) is 7.44. The van der Waals surface area contributed by atoms with Crippen molar-refractivity contribution in [1.82, 2.24) is 20.4 Å². The molecule has 0 radical (unpaired) electrons. The molecule has 0 bridgehead atoms. The van der Waals surface area contributed by atoms with E-state index in [1.807, 2.05) is 0 Å². The van der Waals surface area contributed by atoms with E-state index in [1.165, 1.54) is 11.3 Å². The van der Waals surface area contributed by atoms with Gasteiger partial charge in [-0.1, -0.05) is 5.16 Å². The normalized spacial score (nSPS) is 25.0. The molecule has 1 N–H and O–H groups in total. The maximum atomic E-state index is 5.37. The summed E-state index contributed by atoms with van der Waals surface area (Å²) in [6, 6.07) is 0.521. The molecule has 0 aromatic carbocycles. The van der Waals surface area contributed by atoms with E-state index in [1.54, 1.807) is 11.7 Å². The van der Waals surface area contributed by atoms with Crippen LogP contribution in [0.1, 0.15) is 31.6 Å². The highest BCUT2D eigenvalue weighted by atomic mass is 32.1. The van der Waals surface area contributed by atoms with E-state index in [0.29, 0.717) is 17.8 Å². The second-order valence-electron chi connectivity index (χ2n) is 4.40. The van der Waals surface area contributed by atoms with Crippen LogP contribution in [-0.4, -0.2) is 27.7 Å². The van der Waals surface area contributed by atoms with E-state index >= 15 is 0 Å². The standard InChI is InChI=1S/C11H14N4OS/c1-7-4-8(2-3-13-7)11-14-10(15-16-11)9-5-12-6-17-9/h5-8,13H,2-4H2,1H3. The van der Waals surface area contributed by atoms with Crippen LogP contribution in [-0.2, 0) is 0 Å². The third kappa shape index (κ3) is 2.23. The Kier molecular flexibility index (Phi) is 2.90. The molecule has 0 spiro atoms. The van der Waals surface area contributed by atoms with E-state index in [9.17, 15) is 0 Å². The predicted molar refractivity (Wildman–Crippen MR) is 64.8 cm³/mol. The predicted octanol–water partition coefficient (Wildman–Crippen LogP) is 2.05. The first-order chi connectivity index (χ1) is 8.33. The Labute approximate surface area is 103 Å². The van der Waals surface area contributed by atoms with Gasteiger partial charge >= 0.3 is 0 Å². The Morgan fingerprint density at radius 2 is 2.47 bits per heavy atom. The Hall–Kier alpha value is -1.27. The van der Waals surface area contributed by atoms with Crippen molar-refractivity contribution in [3.8, 4) is 10.7 Å². The summed E-state index contributed by atoms with van der Waals surface area (Å²) < 4.78 is 5.37. The molecule has 90 valence electrons. The van der Waals surface area contributed by atoms with Gasteiger partial charge in [0.15, 0.2) is 0 Å². The lowest BCUT2D eigenvalue weighted by Gasteiger charge is -2.25. The fourth-order valence-corrected chi connectivity index (χ4v) is 2.73. The van der Waals surface area contributed by atoms with Gasteiger partial charge < -0.3 is 9.84 Å². The molecular formula is C11H14N4OS. The van der Waals surface area contributed by atoms with Gasteiger partial charge in [-0.05, 0) is 26.3 Å². The van der Waals surface area contributed by atoms with Crippen LogP contribution < -0.4 is 5.32 Å². The molecule has 2 atom stereocenters. The largest absolute Gasteiger partial charge is 0.339 e. The van der Waals surface area contributed by atoms with Crippen molar-refractivity contribution in [3.05, 3.63) is 17.6 Å². The van der Waals surface area contributed by atoms with E-state index in [-0.39, 0.29) is 0 Å². The van der Waals surface area contributed by atoms with Crippen molar-refractivity contribution in [2.24, 2.45) is 0 Å². The third-order valence-electron chi connectivity index (χ3n) is 3.07. The average Bonchev–Trinajstić information content (AvgIpc) is 3.00. The number of thiazole rings is 1. The van der Waals surface area contributed by atoms with E-state index in [4.69, 9.17) is 4.52 Å². The van der Waals surface area contributed by atoms with Gasteiger partial charge in [0, 0.05) is 18.2 Å². The maximum Gasteiger partial charge on any atom is 0.230 e. The zero-order valence-corrected chi connectivity index (χ0v) is 10.4. The Morgan fingerprint density at radius 3 is 3.24 bits per heavy atom. The third-order valence-corrected chi connectivity index (χ3v) is 3.84. The molecule has 1 aliphatic rings. The summed E-state index contributed by atoms with van der Waals surface area (Å²) in [6.45, 7) is 3.21. The number of rotatable bonds is 2. The lowest BCUT2D eigenvalue weighted by molar-refractivity contribution is 0.295. The Bertz CT molecular complexity index is 481. The van der Waals surface area contributed by atoms with Crippen molar-refractivity contribution >= 4 is 11.3 Å². The van der Waals surface area contributed by atoms with Gasteiger partial charge in [-0.15, -0.1) is 11.3 Å². The minimum atomic E-state index is 0.389. The second kappa shape index (κ2) is 4.54. The lowest BCUT2D eigenvalue weighted by Crippen LogP contribution is -2.34. The van der Waals surface area contributed by atoms with Crippen LogP contribution in [0.4, 0.5) is 0 Å². The quantitative estimate of drug-likeness (QED) is 0.883. The van der Waals surface area contributed by atoms with Crippen LogP contribution in [0.2, 0.25) is 0 Å². The number of aromatic nitrogens is 3. The van der Waals surface area contributed by atoms with E-state index < -0.39 is 0 Å². The summed E-state index contributed by atoms with van der Waals surface area (Å²) >= 11 is 1.53. The van der Waals surface area contributed by atoms with Gasteiger partial charge in [-0.3, -0.25) is 4.98 Å². The summed E-state index contributed by atoms with van der Waals surface area (Å²) in [4.78, 5) is 9.46. The molecule has 0 amide bonds. The summed E-state index contributed by atoms with van der Waals surface area (Å²) in [5.41, 5.74) is 1.78. The summed E-state index contributed by atoms with van der Waals surface area (Å²) in [6.07, 6.45) is 3.89. The van der Waals surface area contributed by atoms with Crippen LogP contribution in [0.25, 0.3) is 10.7 Å². The Balaban J connectivity index is 1.80. The lowest BCUT2D eigenvalue weighted by atomic mass is 9.93. The molecule has 1 aliphatic heterocycles. The van der Waals surface area contributed by atoms with Gasteiger partial charge in [0.25, 0.3) is 0 Å². The van der Waals surface area contributed by atoms with Crippen molar-refractivity contribution in [1.29, 1.82) is 0 Å². The molecule has 1 fully saturated rings. The molecular weight excluding hydrogens is 236 g/mol. The van der Waals surface area contributed by atoms with Gasteiger partial charge in [0.2, 0.25) is 11.7 Å². The van der Waals surface area contributed by atoms with E-state index in [2.05, 4.69) is 27.4 Å². The van der Waals surface area contributed by atoms with E-state index in [0.717, 1.165) is 30.2 Å². The monoisotopic (exact) mass is 250 g/mol. The molecule has 0 saturated carbocycles. The highest BCUT2D eigenvalue weighted by Crippen LogP contribution is 2.28. The summed E-state index contributed by atoms with van der Waals surface area (Å²) in [7, 11) is 0. The molecule has 0 aliphatic carbocycles. The first-order valence-corrected chi connectivity index (χ1v) is 6.67. The minimum Gasteiger partial charge on any atom is -0.339 e. The molecule has 3 heterocycles. The zero-order chi connectivity index (χ0) is 11.7. The molecule has 6 heteroatoms. The van der Waals surface area contributed by atoms with Crippen molar-refractivity contribution in [2.45, 2.75) is 31.7 Å². The average molecular weight is 250 g/mol. The maximum absolute atomic E-state index is 5.37. The fraction of sp³-hybridized carbons (Fsp3) is 0.545. The molecule has 3 rings (SSSR count). The first kappa shape index (κ1) is 10.9. The van der Waals surface area contributed by atoms with Gasteiger partial charge in [0.1, 0.15) is 0 Å². The molecule has 2 unspecified atom stereocenters. The molecule has 2 aromatic rings. The highest BCUT2D eigenvalue weighted by molar-refractivity contribution is 7.13. The van der Waals surface area contributed by atoms with Crippen LogP contribution in [0, 0.1) is 0 Å². The zero-order valence-electron chi connectivity index (χ0n) is 9.59. The smallest absolute Gasteiger partial charge is 0.230 e. The van der Waals surface area contributed by atoms with Gasteiger partial charge in [-0.25, -0.2) is 0 Å². The highest BCUT2D eigenvalue weighted by Gasteiger charge is 2.25. The van der Waals surface area contributed by atoms with Crippen LogP contribution in [0.5, 0.6) is 0 Å².